The smallest absolute Gasteiger partial charge is 0.189 e. The summed E-state index contributed by atoms with van der Waals surface area (Å²) in [4.78, 5) is 2.46. The van der Waals surface area contributed by atoms with Crippen molar-refractivity contribution in [2.75, 3.05) is 37.4 Å². The zero-order valence-electron chi connectivity index (χ0n) is 14.1. The minimum Gasteiger partial charge on any atom is -0.371 e. The maximum atomic E-state index is 5.82. The molecule has 0 unspecified atom stereocenters. The molecule has 1 aromatic rings. The molecule has 3 nitrogen and oxygen atoms in total. The minimum absolute atomic E-state index is 0.547. The van der Waals surface area contributed by atoms with Crippen LogP contribution in [0.25, 0.3) is 0 Å². The molecule has 1 aliphatic rings. The molecule has 1 fully saturated rings. The molecule has 1 saturated heterocycles. The van der Waals surface area contributed by atoms with E-state index in [9.17, 15) is 0 Å². The first-order chi connectivity index (χ1) is 10.5. The summed E-state index contributed by atoms with van der Waals surface area (Å²) < 4.78 is 11.6. The van der Waals surface area contributed by atoms with Gasteiger partial charge in [0.1, 0.15) is 0 Å². The van der Waals surface area contributed by atoms with Crippen LogP contribution in [0.3, 0.4) is 0 Å². The maximum absolute atomic E-state index is 5.82. The Morgan fingerprint density at radius 1 is 1.14 bits per heavy atom. The van der Waals surface area contributed by atoms with Crippen molar-refractivity contribution in [1.29, 1.82) is 0 Å². The second-order valence-electron chi connectivity index (χ2n) is 6.11. The predicted molar refractivity (Wildman–Crippen MR) is 98.5 cm³/mol. The maximum Gasteiger partial charge on any atom is 0.189 e. The second kappa shape index (κ2) is 7.92. The number of nitrogens with zero attached hydrogens (tertiary/aromatic N) is 1. The van der Waals surface area contributed by atoms with Crippen molar-refractivity contribution in [2.24, 2.45) is 11.8 Å². The molecule has 1 aromatic carbocycles. The number of rotatable bonds is 7. The number of hydrogen-bond acceptors (Lipinski definition) is 4. The molecule has 1 heterocycles. The first-order valence-corrected chi connectivity index (χ1v) is 11.0. The predicted octanol–water partition coefficient (Wildman–Crippen LogP) is 4.45. The summed E-state index contributed by atoms with van der Waals surface area (Å²) in [5.74, 6) is 1.16. The highest BCUT2D eigenvalue weighted by Gasteiger charge is 2.34. The molecule has 0 bridgehead atoms. The van der Waals surface area contributed by atoms with Gasteiger partial charge in [0.25, 0.3) is 0 Å². The summed E-state index contributed by atoms with van der Waals surface area (Å²) in [6, 6.07) is 8.79. The van der Waals surface area contributed by atoms with Crippen LogP contribution in [-0.2, 0) is 20.9 Å². The third-order valence-corrected chi connectivity index (χ3v) is 7.58. The van der Waals surface area contributed by atoms with Gasteiger partial charge in [0.05, 0.1) is 13.2 Å². The lowest BCUT2D eigenvalue weighted by molar-refractivity contribution is 0.260. The van der Waals surface area contributed by atoms with Crippen molar-refractivity contribution in [3.63, 3.8) is 0 Å². The van der Waals surface area contributed by atoms with E-state index in [1.54, 1.807) is 0 Å². The van der Waals surface area contributed by atoms with E-state index in [1.807, 2.05) is 13.8 Å². The number of benzene rings is 1. The van der Waals surface area contributed by atoms with Gasteiger partial charge < -0.3 is 13.9 Å². The van der Waals surface area contributed by atoms with Gasteiger partial charge in [0.15, 0.2) is 6.49 Å². The van der Waals surface area contributed by atoms with E-state index in [-0.39, 0.29) is 0 Å². The van der Waals surface area contributed by atoms with Gasteiger partial charge in [-0.2, -0.15) is 0 Å². The fourth-order valence-electron chi connectivity index (χ4n) is 3.06. The molecular formula is C17H28NO2PS. The third-order valence-electron chi connectivity index (χ3n) is 4.28. The van der Waals surface area contributed by atoms with Gasteiger partial charge >= 0.3 is 0 Å². The van der Waals surface area contributed by atoms with Gasteiger partial charge in [0, 0.05) is 24.9 Å². The highest BCUT2D eigenvalue weighted by molar-refractivity contribution is 8.09. The quantitative estimate of drug-likeness (QED) is 0.683. The first-order valence-electron chi connectivity index (χ1n) is 8.17. The molecule has 1 aliphatic heterocycles. The second-order valence-corrected chi connectivity index (χ2v) is 9.88. The van der Waals surface area contributed by atoms with Crippen LogP contribution in [0.4, 0.5) is 5.69 Å². The average molecular weight is 341 g/mol. The van der Waals surface area contributed by atoms with E-state index in [2.05, 4.69) is 43.0 Å². The number of anilines is 1. The van der Waals surface area contributed by atoms with Gasteiger partial charge in [-0.25, -0.2) is 0 Å². The Morgan fingerprint density at radius 3 is 2.27 bits per heavy atom. The highest BCUT2D eigenvalue weighted by Crippen LogP contribution is 2.52. The molecule has 0 saturated carbocycles. The van der Waals surface area contributed by atoms with Gasteiger partial charge in [-0.05, 0) is 56.5 Å². The third kappa shape index (κ3) is 4.55. The molecule has 0 amide bonds. The monoisotopic (exact) mass is 341 g/mol. The Hall–Kier alpha value is -0.410. The van der Waals surface area contributed by atoms with E-state index < -0.39 is 6.49 Å². The van der Waals surface area contributed by atoms with Crippen LogP contribution < -0.4 is 4.90 Å². The molecule has 0 spiro atoms. The molecule has 2 atom stereocenters. The molecule has 0 aliphatic carbocycles. The van der Waals surface area contributed by atoms with E-state index in [0.29, 0.717) is 25.0 Å². The fraction of sp³-hybridized carbons (Fsp3) is 0.647. The van der Waals surface area contributed by atoms with Crippen LogP contribution in [0.15, 0.2) is 24.3 Å². The van der Waals surface area contributed by atoms with Gasteiger partial charge in [-0.15, -0.1) is 0 Å². The van der Waals surface area contributed by atoms with Crippen LogP contribution in [0.1, 0.15) is 26.3 Å². The standard InChI is InChI=1S/C17H28NO2PS/c1-5-19-21(22,20-6-2)13-16-12-18(11-15(16)4)17-9-7-14(3)8-10-17/h7-10,15-16H,5-6,11-13H2,1-4H3/t15-,16-/m1/s1. The molecule has 5 heteroatoms. The van der Waals surface area contributed by atoms with Crippen LogP contribution in [0, 0.1) is 18.8 Å². The Balaban J connectivity index is 2.04. The zero-order valence-corrected chi connectivity index (χ0v) is 15.8. The Kier molecular flexibility index (Phi) is 6.46. The van der Waals surface area contributed by atoms with E-state index in [4.69, 9.17) is 20.9 Å². The van der Waals surface area contributed by atoms with Crippen molar-refractivity contribution in [1.82, 2.24) is 0 Å². The van der Waals surface area contributed by atoms with Crippen LogP contribution >= 0.6 is 6.49 Å². The largest absolute Gasteiger partial charge is 0.371 e. The lowest BCUT2D eigenvalue weighted by atomic mass is 10.0. The average Bonchev–Trinajstić information content (AvgIpc) is 2.81. The summed E-state index contributed by atoms with van der Waals surface area (Å²) in [6.07, 6.45) is 0.882. The molecule has 0 N–H and O–H groups in total. The number of aryl methyl sites for hydroxylation is 1. The minimum atomic E-state index is -2.13. The van der Waals surface area contributed by atoms with Gasteiger partial charge in [-0.3, -0.25) is 0 Å². The molecule has 22 heavy (non-hydrogen) atoms. The van der Waals surface area contributed by atoms with Crippen molar-refractivity contribution in [2.45, 2.75) is 27.7 Å². The Labute approximate surface area is 140 Å². The summed E-state index contributed by atoms with van der Waals surface area (Å²) in [6.45, 7) is 9.72. The van der Waals surface area contributed by atoms with E-state index in [0.717, 1.165) is 19.3 Å². The van der Waals surface area contributed by atoms with Gasteiger partial charge in [-0.1, -0.05) is 24.6 Å². The van der Waals surface area contributed by atoms with Gasteiger partial charge in [0.2, 0.25) is 0 Å². The molecule has 0 radical (unpaired) electrons. The zero-order chi connectivity index (χ0) is 16.2. The van der Waals surface area contributed by atoms with Crippen molar-refractivity contribution in [3.8, 4) is 0 Å². The summed E-state index contributed by atoms with van der Waals surface area (Å²) in [5.41, 5.74) is 2.61. The van der Waals surface area contributed by atoms with E-state index >= 15 is 0 Å². The van der Waals surface area contributed by atoms with Crippen LogP contribution in [0.2, 0.25) is 0 Å². The van der Waals surface area contributed by atoms with Crippen molar-refractivity contribution in [3.05, 3.63) is 29.8 Å². The Morgan fingerprint density at radius 2 is 1.73 bits per heavy atom. The molecular weight excluding hydrogens is 313 g/mol. The molecule has 2 rings (SSSR count). The van der Waals surface area contributed by atoms with Crippen molar-refractivity contribution >= 4 is 24.0 Å². The van der Waals surface area contributed by atoms with E-state index in [1.165, 1.54) is 11.3 Å². The summed E-state index contributed by atoms with van der Waals surface area (Å²) in [7, 11) is 0. The topological polar surface area (TPSA) is 21.7 Å². The van der Waals surface area contributed by atoms with Crippen LogP contribution in [0.5, 0.6) is 0 Å². The lowest BCUT2D eigenvalue weighted by Gasteiger charge is -2.25. The lowest BCUT2D eigenvalue weighted by Crippen LogP contribution is -2.21. The fourth-order valence-corrected chi connectivity index (χ4v) is 6.39. The normalized spacial score (nSPS) is 22.3. The highest BCUT2D eigenvalue weighted by atomic mass is 32.5. The summed E-state index contributed by atoms with van der Waals surface area (Å²) in [5, 5.41) is 0. The summed E-state index contributed by atoms with van der Waals surface area (Å²) >= 11 is 5.71. The SMILES string of the molecule is CCOP(=S)(C[C@H]1CN(c2ccc(C)cc2)C[C@H]1C)OCC. The van der Waals surface area contributed by atoms with Crippen molar-refractivity contribution < 1.29 is 9.05 Å². The molecule has 0 aromatic heterocycles. The number of hydrogen-bond donors (Lipinski definition) is 0. The molecule has 124 valence electrons. The first kappa shape index (κ1) is 17.9. The Bertz CT molecular complexity index is 510. The van der Waals surface area contributed by atoms with Crippen LogP contribution in [-0.4, -0.2) is 32.5 Å².